The minimum absolute atomic E-state index is 0.202. The van der Waals surface area contributed by atoms with Gasteiger partial charge in [0.25, 0.3) is 0 Å². The largest absolute Gasteiger partial charge is 0.495 e. The van der Waals surface area contributed by atoms with Gasteiger partial charge in [0.15, 0.2) is 0 Å². The van der Waals surface area contributed by atoms with E-state index in [-0.39, 0.29) is 5.56 Å². The molecule has 26 heavy (non-hydrogen) atoms. The SMILES string of the molecule is COc1ccccc1Nc1nc(C)cc(Nc2cccc(C(=O)O)c2)n1. The summed E-state index contributed by atoms with van der Waals surface area (Å²) in [6.07, 6.45) is 0. The van der Waals surface area contributed by atoms with E-state index in [1.165, 1.54) is 6.07 Å². The fourth-order valence-electron chi connectivity index (χ4n) is 2.43. The van der Waals surface area contributed by atoms with Crippen molar-refractivity contribution in [3.8, 4) is 5.75 Å². The maximum atomic E-state index is 11.1. The normalized spacial score (nSPS) is 10.2. The van der Waals surface area contributed by atoms with Crippen LogP contribution in [-0.4, -0.2) is 28.2 Å². The van der Waals surface area contributed by atoms with E-state index in [4.69, 9.17) is 9.84 Å². The molecule has 0 aliphatic rings. The zero-order valence-corrected chi connectivity index (χ0v) is 14.4. The van der Waals surface area contributed by atoms with Gasteiger partial charge in [-0.25, -0.2) is 9.78 Å². The number of hydrogen-bond donors (Lipinski definition) is 3. The van der Waals surface area contributed by atoms with Gasteiger partial charge in [-0.15, -0.1) is 0 Å². The monoisotopic (exact) mass is 350 g/mol. The lowest BCUT2D eigenvalue weighted by molar-refractivity contribution is 0.0697. The molecule has 3 aromatic rings. The number of hydrogen-bond acceptors (Lipinski definition) is 6. The Kier molecular flexibility index (Phi) is 4.98. The second-order valence-electron chi connectivity index (χ2n) is 5.55. The van der Waals surface area contributed by atoms with Crippen LogP contribution in [0.15, 0.2) is 54.6 Å². The number of nitrogens with zero attached hydrogens (tertiary/aromatic N) is 2. The molecule has 3 N–H and O–H groups in total. The van der Waals surface area contributed by atoms with E-state index in [1.54, 1.807) is 31.4 Å². The summed E-state index contributed by atoms with van der Waals surface area (Å²) in [7, 11) is 1.60. The van der Waals surface area contributed by atoms with Crippen LogP contribution in [0.2, 0.25) is 0 Å². The number of benzene rings is 2. The van der Waals surface area contributed by atoms with Crippen LogP contribution in [0.5, 0.6) is 5.75 Å². The van der Waals surface area contributed by atoms with Crippen LogP contribution in [0.4, 0.5) is 23.1 Å². The average Bonchev–Trinajstić information content (AvgIpc) is 2.62. The summed E-state index contributed by atoms with van der Waals surface area (Å²) in [4.78, 5) is 19.9. The van der Waals surface area contributed by atoms with Gasteiger partial charge in [0, 0.05) is 17.4 Å². The predicted molar refractivity (Wildman–Crippen MR) is 99.7 cm³/mol. The molecule has 0 spiro atoms. The van der Waals surface area contributed by atoms with E-state index in [0.29, 0.717) is 23.2 Å². The summed E-state index contributed by atoms with van der Waals surface area (Å²) in [5.74, 6) is 0.663. The van der Waals surface area contributed by atoms with Gasteiger partial charge in [-0.05, 0) is 37.3 Å². The Labute approximate surface area is 150 Å². The molecule has 132 valence electrons. The van der Waals surface area contributed by atoms with Crippen molar-refractivity contribution >= 4 is 29.1 Å². The number of carboxylic acid groups (broad SMARTS) is 1. The Morgan fingerprint density at radius 3 is 2.62 bits per heavy atom. The van der Waals surface area contributed by atoms with E-state index < -0.39 is 5.97 Å². The first kappa shape index (κ1) is 17.2. The van der Waals surface area contributed by atoms with E-state index in [2.05, 4.69) is 20.6 Å². The lowest BCUT2D eigenvalue weighted by Crippen LogP contribution is -2.04. The summed E-state index contributed by atoms with van der Waals surface area (Å²) in [5.41, 5.74) is 2.34. The number of nitrogens with one attached hydrogen (secondary N) is 2. The van der Waals surface area contributed by atoms with Crippen molar-refractivity contribution < 1.29 is 14.6 Å². The molecule has 0 aliphatic heterocycles. The summed E-state index contributed by atoms with van der Waals surface area (Å²) in [6, 6.07) is 15.8. The zero-order chi connectivity index (χ0) is 18.5. The van der Waals surface area contributed by atoms with Gasteiger partial charge < -0.3 is 20.5 Å². The Bertz CT molecular complexity index is 944. The van der Waals surface area contributed by atoms with Crippen molar-refractivity contribution in [2.75, 3.05) is 17.7 Å². The Hall–Kier alpha value is -3.61. The van der Waals surface area contributed by atoms with E-state index in [9.17, 15) is 4.79 Å². The van der Waals surface area contributed by atoms with Gasteiger partial charge in [0.2, 0.25) is 5.95 Å². The number of methoxy groups -OCH3 is 1. The van der Waals surface area contributed by atoms with Gasteiger partial charge in [-0.3, -0.25) is 0 Å². The Morgan fingerprint density at radius 1 is 1.04 bits per heavy atom. The molecule has 0 atom stereocenters. The standard InChI is InChI=1S/C19H18N4O3/c1-12-10-17(21-14-7-5-6-13(11-14)18(24)25)23-19(20-12)22-15-8-3-4-9-16(15)26-2/h3-11H,1-2H3,(H,24,25)(H2,20,21,22,23). The van der Waals surface area contributed by atoms with E-state index >= 15 is 0 Å². The molecule has 0 bridgehead atoms. The van der Waals surface area contributed by atoms with Crippen molar-refractivity contribution in [2.45, 2.75) is 6.92 Å². The zero-order valence-electron chi connectivity index (χ0n) is 14.4. The fraction of sp³-hybridized carbons (Fsp3) is 0.105. The molecular weight excluding hydrogens is 332 g/mol. The predicted octanol–water partition coefficient (Wildman–Crippen LogP) is 3.98. The van der Waals surface area contributed by atoms with Gasteiger partial charge in [0.1, 0.15) is 11.6 Å². The lowest BCUT2D eigenvalue weighted by Gasteiger charge is -2.12. The van der Waals surface area contributed by atoms with Crippen molar-refractivity contribution in [3.63, 3.8) is 0 Å². The average molecular weight is 350 g/mol. The number of aromatic carboxylic acids is 1. The van der Waals surface area contributed by atoms with Crippen LogP contribution in [0, 0.1) is 6.92 Å². The van der Waals surface area contributed by atoms with Crippen LogP contribution in [0.1, 0.15) is 16.1 Å². The molecule has 0 radical (unpaired) electrons. The van der Waals surface area contributed by atoms with Crippen molar-refractivity contribution in [1.82, 2.24) is 9.97 Å². The third-order valence-electron chi connectivity index (χ3n) is 3.59. The molecular formula is C19H18N4O3. The van der Waals surface area contributed by atoms with Crippen molar-refractivity contribution in [3.05, 3.63) is 65.9 Å². The first-order valence-corrected chi connectivity index (χ1v) is 7.91. The minimum Gasteiger partial charge on any atom is -0.495 e. The quantitative estimate of drug-likeness (QED) is 0.619. The number of aryl methyl sites for hydroxylation is 1. The molecule has 1 aromatic heterocycles. The van der Waals surface area contributed by atoms with Crippen molar-refractivity contribution in [1.29, 1.82) is 0 Å². The second-order valence-corrected chi connectivity index (χ2v) is 5.55. The second kappa shape index (κ2) is 7.52. The molecule has 7 nitrogen and oxygen atoms in total. The van der Waals surface area contributed by atoms with Crippen molar-refractivity contribution in [2.24, 2.45) is 0 Å². The Morgan fingerprint density at radius 2 is 1.85 bits per heavy atom. The molecule has 0 aliphatic carbocycles. The number of para-hydroxylation sites is 2. The maximum absolute atomic E-state index is 11.1. The summed E-state index contributed by atoms with van der Waals surface area (Å²) in [6.45, 7) is 1.86. The van der Waals surface area contributed by atoms with Crippen LogP contribution in [0.3, 0.4) is 0 Å². The minimum atomic E-state index is -0.981. The first-order valence-electron chi connectivity index (χ1n) is 7.91. The van der Waals surface area contributed by atoms with Gasteiger partial charge in [-0.2, -0.15) is 4.98 Å². The summed E-state index contributed by atoms with van der Waals surface area (Å²) in [5, 5.41) is 15.3. The number of ether oxygens (including phenoxy) is 1. The molecule has 3 rings (SSSR count). The number of carbonyl (C=O) groups is 1. The molecule has 2 aromatic carbocycles. The van der Waals surface area contributed by atoms with Gasteiger partial charge >= 0.3 is 5.97 Å². The lowest BCUT2D eigenvalue weighted by atomic mass is 10.2. The highest BCUT2D eigenvalue weighted by molar-refractivity contribution is 5.89. The molecule has 0 fully saturated rings. The molecule has 0 saturated carbocycles. The number of carboxylic acids is 1. The van der Waals surface area contributed by atoms with Crippen LogP contribution < -0.4 is 15.4 Å². The highest BCUT2D eigenvalue weighted by Gasteiger charge is 2.08. The molecule has 0 amide bonds. The summed E-state index contributed by atoms with van der Waals surface area (Å²) >= 11 is 0. The Balaban J connectivity index is 1.86. The first-order chi connectivity index (χ1) is 12.5. The topological polar surface area (TPSA) is 96.4 Å². The smallest absolute Gasteiger partial charge is 0.335 e. The highest BCUT2D eigenvalue weighted by atomic mass is 16.5. The van der Waals surface area contributed by atoms with Crippen LogP contribution >= 0.6 is 0 Å². The van der Waals surface area contributed by atoms with Crippen LogP contribution in [0.25, 0.3) is 0 Å². The maximum Gasteiger partial charge on any atom is 0.335 e. The molecule has 7 heteroatoms. The highest BCUT2D eigenvalue weighted by Crippen LogP contribution is 2.26. The fourth-order valence-corrected chi connectivity index (χ4v) is 2.43. The third-order valence-corrected chi connectivity index (χ3v) is 3.59. The van der Waals surface area contributed by atoms with Gasteiger partial charge in [0.05, 0.1) is 18.4 Å². The van der Waals surface area contributed by atoms with Crippen LogP contribution in [-0.2, 0) is 0 Å². The third kappa shape index (κ3) is 4.07. The number of anilines is 4. The molecule has 1 heterocycles. The number of rotatable bonds is 6. The number of aromatic nitrogens is 2. The molecule has 0 saturated heterocycles. The van der Waals surface area contributed by atoms with Gasteiger partial charge in [-0.1, -0.05) is 18.2 Å². The summed E-state index contributed by atoms with van der Waals surface area (Å²) < 4.78 is 5.32. The van der Waals surface area contributed by atoms with E-state index in [1.807, 2.05) is 31.2 Å². The van der Waals surface area contributed by atoms with E-state index in [0.717, 1.165) is 11.4 Å². The molecule has 0 unspecified atom stereocenters.